The molecule has 0 bridgehead atoms. The second-order valence-electron chi connectivity index (χ2n) is 4.27. The number of carbonyl (C=O) groups is 2. The standard InChI is InChI=1S/C13H13N3O2/c1-16-6-5-11(13(16)18)15-12(17)10-4-2-3-9(7-10)8-14/h2-4,7,11H,5-6H2,1H3,(H,15,17). The van der Waals surface area contributed by atoms with Gasteiger partial charge < -0.3 is 10.2 Å². The summed E-state index contributed by atoms with van der Waals surface area (Å²) in [5.41, 5.74) is 0.828. The Labute approximate surface area is 105 Å². The van der Waals surface area contributed by atoms with Crippen LogP contribution in [0.2, 0.25) is 0 Å². The maximum Gasteiger partial charge on any atom is 0.251 e. The SMILES string of the molecule is CN1CCC(NC(=O)c2cccc(C#N)c2)C1=O. The third kappa shape index (κ3) is 2.33. The van der Waals surface area contributed by atoms with Gasteiger partial charge in [0, 0.05) is 19.2 Å². The van der Waals surface area contributed by atoms with Crippen LogP contribution in [0.5, 0.6) is 0 Å². The molecule has 0 saturated carbocycles. The number of amides is 2. The lowest BCUT2D eigenvalue weighted by atomic mass is 10.1. The van der Waals surface area contributed by atoms with E-state index < -0.39 is 6.04 Å². The van der Waals surface area contributed by atoms with E-state index in [0.717, 1.165) is 0 Å². The molecule has 0 spiro atoms. The van der Waals surface area contributed by atoms with Gasteiger partial charge in [-0.3, -0.25) is 9.59 Å². The summed E-state index contributed by atoms with van der Waals surface area (Å²) in [6.07, 6.45) is 0.624. The van der Waals surface area contributed by atoms with Crippen LogP contribution in [0.3, 0.4) is 0 Å². The Kier molecular flexibility index (Phi) is 3.28. The van der Waals surface area contributed by atoms with Crippen molar-refractivity contribution < 1.29 is 9.59 Å². The quantitative estimate of drug-likeness (QED) is 0.823. The van der Waals surface area contributed by atoms with Gasteiger partial charge in [-0.15, -0.1) is 0 Å². The first-order valence-corrected chi connectivity index (χ1v) is 5.68. The Morgan fingerprint density at radius 3 is 2.94 bits per heavy atom. The normalized spacial score (nSPS) is 18.6. The second-order valence-corrected chi connectivity index (χ2v) is 4.27. The largest absolute Gasteiger partial charge is 0.344 e. The average Bonchev–Trinajstić information content (AvgIpc) is 2.71. The minimum absolute atomic E-state index is 0.0696. The monoisotopic (exact) mass is 243 g/mol. The number of nitriles is 1. The summed E-state index contributed by atoms with van der Waals surface area (Å²) < 4.78 is 0. The molecule has 1 heterocycles. The molecule has 1 saturated heterocycles. The van der Waals surface area contributed by atoms with Crippen molar-refractivity contribution >= 4 is 11.8 Å². The zero-order valence-corrected chi connectivity index (χ0v) is 10.0. The van der Waals surface area contributed by atoms with Crippen LogP contribution in [-0.2, 0) is 4.79 Å². The summed E-state index contributed by atoms with van der Waals surface area (Å²) in [5, 5.41) is 11.4. The van der Waals surface area contributed by atoms with E-state index in [1.54, 1.807) is 30.1 Å². The summed E-state index contributed by atoms with van der Waals surface area (Å²) in [7, 11) is 1.71. The number of nitrogens with one attached hydrogen (secondary N) is 1. The van der Waals surface area contributed by atoms with E-state index in [0.29, 0.717) is 24.1 Å². The Hall–Kier alpha value is -2.35. The van der Waals surface area contributed by atoms with E-state index in [2.05, 4.69) is 5.32 Å². The van der Waals surface area contributed by atoms with Gasteiger partial charge in [-0.25, -0.2) is 0 Å². The van der Waals surface area contributed by atoms with Gasteiger partial charge in [0.25, 0.3) is 5.91 Å². The van der Waals surface area contributed by atoms with Gasteiger partial charge in [0.05, 0.1) is 11.6 Å². The third-order valence-electron chi connectivity index (χ3n) is 2.99. The van der Waals surface area contributed by atoms with Crippen LogP contribution < -0.4 is 5.32 Å². The van der Waals surface area contributed by atoms with Gasteiger partial charge in [0.15, 0.2) is 0 Å². The topological polar surface area (TPSA) is 73.2 Å². The van der Waals surface area contributed by atoms with Gasteiger partial charge in [-0.05, 0) is 24.6 Å². The highest BCUT2D eigenvalue weighted by Crippen LogP contribution is 2.10. The van der Waals surface area contributed by atoms with E-state index in [9.17, 15) is 9.59 Å². The number of hydrogen-bond donors (Lipinski definition) is 1. The number of likely N-dealkylation sites (tertiary alicyclic amines) is 1. The lowest BCUT2D eigenvalue weighted by Crippen LogP contribution is -2.40. The van der Waals surface area contributed by atoms with Crippen LogP contribution in [0, 0.1) is 11.3 Å². The molecule has 1 fully saturated rings. The maximum absolute atomic E-state index is 11.9. The molecule has 0 aromatic heterocycles. The van der Waals surface area contributed by atoms with Gasteiger partial charge in [-0.2, -0.15) is 5.26 Å². The number of carbonyl (C=O) groups excluding carboxylic acids is 2. The van der Waals surface area contributed by atoms with Crippen molar-refractivity contribution in [3.8, 4) is 6.07 Å². The smallest absolute Gasteiger partial charge is 0.251 e. The molecule has 1 unspecified atom stereocenters. The van der Waals surface area contributed by atoms with Crippen molar-refractivity contribution in [2.75, 3.05) is 13.6 Å². The minimum Gasteiger partial charge on any atom is -0.344 e. The highest BCUT2D eigenvalue weighted by Gasteiger charge is 2.30. The number of likely N-dealkylation sites (N-methyl/N-ethyl adjacent to an activating group) is 1. The molecule has 1 aliphatic rings. The van der Waals surface area contributed by atoms with Crippen LogP contribution in [0.15, 0.2) is 24.3 Å². The van der Waals surface area contributed by atoms with Gasteiger partial charge >= 0.3 is 0 Å². The molecule has 18 heavy (non-hydrogen) atoms. The highest BCUT2D eigenvalue weighted by atomic mass is 16.2. The van der Waals surface area contributed by atoms with E-state index in [1.165, 1.54) is 6.07 Å². The lowest BCUT2D eigenvalue weighted by molar-refractivity contribution is -0.128. The number of nitrogens with zero attached hydrogens (tertiary/aromatic N) is 2. The first-order valence-electron chi connectivity index (χ1n) is 5.68. The van der Waals surface area contributed by atoms with E-state index >= 15 is 0 Å². The number of hydrogen-bond acceptors (Lipinski definition) is 3. The minimum atomic E-state index is -0.451. The molecular weight excluding hydrogens is 230 g/mol. The molecule has 0 radical (unpaired) electrons. The summed E-state index contributed by atoms with van der Waals surface area (Å²) in [5.74, 6) is -0.388. The fraction of sp³-hybridized carbons (Fsp3) is 0.308. The fourth-order valence-electron chi connectivity index (χ4n) is 1.93. The molecule has 1 atom stereocenters. The zero-order valence-electron chi connectivity index (χ0n) is 10.0. The fourth-order valence-corrected chi connectivity index (χ4v) is 1.93. The van der Waals surface area contributed by atoms with Crippen LogP contribution in [0.25, 0.3) is 0 Å². The molecule has 1 aromatic rings. The molecule has 5 nitrogen and oxygen atoms in total. The molecule has 1 aromatic carbocycles. The third-order valence-corrected chi connectivity index (χ3v) is 2.99. The molecule has 1 N–H and O–H groups in total. The predicted molar refractivity (Wildman–Crippen MR) is 64.7 cm³/mol. The van der Waals surface area contributed by atoms with Crippen LogP contribution in [0.1, 0.15) is 22.3 Å². The highest BCUT2D eigenvalue weighted by molar-refractivity contribution is 5.98. The number of rotatable bonds is 2. The number of benzene rings is 1. The van der Waals surface area contributed by atoms with Crippen LogP contribution in [0.4, 0.5) is 0 Å². The Bertz CT molecular complexity index is 533. The molecule has 92 valence electrons. The van der Waals surface area contributed by atoms with Crippen molar-refractivity contribution in [2.24, 2.45) is 0 Å². The Morgan fingerprint density at radius 2 is 2.33 bits per heavy atom. The Morgan fingerprint density at radius 1 is 1.56 bits per heavy atom. The second kappa shape index (κ2) is 4.88. The van der Waals surface area contributed by atoms with Gasteiger partial charge in [-0.1, -0.05) is 6.07 Å². The van der Waals surface area contributed by atoms with Crippen molar-refractivity contribution in [3.63, 3.8) is 0 Å². The average molecular weight is 243 g/mol. The van der Waals surface area contributed by atoms with Gasteiger partial charge in [0.1, 0.15) is 6.04 Å². The zero-order chi connectivity index (χ0) is 13.1. The Balaban J connectivity index is 2.08. The summed E-state index contributed by atoms with van der Waals surface area (Å²) >= 11 is 0. The van der Waals surface area contributed by atoms with Crippen molar-refractivity contribution in [1.29, 1.82) is 5.26 Å². The van der Waals surface area contributed by atoms with E-state index in [4.69, 9.17) is 5.26 Å². The summed E-state index contributed by atoms with van der Waals surface area (Å²) in [6.45, 7) is 0.655. The maximum atomic E-state index is 11.9. The lowest BCUT2D eigenvalue weighted by Gasteiger charge is -2.12. The molecule has 2 amide bonds. The van der Waals surface area contributed by atoms with E-state index in [-0.39, 0.29) is 11.8 Å². The molecule has 1 aliphatic heterocycles. The van der Waals surface area contributed by atoms with Crippen molar-refractivity contribution in [3.05, 3.63) is 35.4 Å². The summed E-state index contributed by atoms with van der Waals surface area (Å²) in [4.78, 5) is 25.2. The predicted octanol–water partition coefficient (Wildman–Crippen LogP) is 0.519. The van der Waals surface area contributed by atoms with E-state index in [1.807, 2.05) is 6.07 Å². The molecule has 5 heteroatoms. The van der Waals surface area contributed by atoms with Gasteiger partial charge in [0.2, 0.25) is 5.91 Å². The van der Waals surface area contributed by atoms with Crippen LogP contribution in [-0.4, -0.2) is 36.3 Å². The summed E-state index contributed by atoms with van der Waals surface area (Å²) in [6, 6.07) is 7.94. The van der Waals surface area contributed by atoms with Crippen LogP contribution >= 0.6 is 0 Å². The van der Waals surface area contributed by atoms with Crippen molar-refractivity contribution in [2.45, 2.75) is 12.5 Å². The molecule has 0 aliphatic carbocycles. The molecular formula is C13H13N3O2. The molecule has 2 rings (SSSR count). The first-order chi connectivity index (χ1) is 8.61. The first kappa shape index (κ1) is 12.1. The van der Waals surface area contributed by atoms with Crippen molar-refractivity contribution in [1.82, 2.24) is 10.2 Å².